The monoisotopic (exact) mass is 477 g/mol. The van der Waals surface area contributed by atoms with E-state index in [-0.39, 0.29) is 34.5 Å². The van der Waals surface area contributed by atoms with E-state index >= 15 is 0 Å². The molecule has 0 aliphatic carbocycles. The topological polar surface area (TPSA) is 162 Å². The molecule has 35 heavy (non-hydrogen) atoms. The van der Waals surface area contributed by atoms with Crippen LogP contribution in [0, 0.1) is 0 Å². The first-order valence-corrected chi connectivity index (χ1v) is 10.1. The highest BCUT2D eigenvalue weighted by atomic mass is 16.5. The fourth-order valence-corrected chi connectivity index (χ4v) is 3.13. The molecule has 4 aromatic rings. The summed E-state index contributed by atoms with van der Waals surface area (Å²) in [6, 6.07) is 6.17. The Morgan fingerprint density at radius 3 is 2.60 bits per heavy atom. The predicted octanol–water partition coefficient (Wildman–Crippen LogP) is 2.12. The highest BCUT2D eigenvalue weighted by Crippen LogP contribution is 2.35. The minimum atomic E-state index is -2.76. The van der Waals surface area contributed by atoms with E-state index in [0.29, 0.717) is 22.8 Å². The van der Waals surface area contributed by atoms with Crippen LogP contribution >= 0.6 is 0 Å². The van der Waals surface area contributed by atoms with E-state index in [9.17, 15) is 9.59 Å². The van der Waals surface area contributed by atoms with Crippen molar-refractivity contribution in [2.75, 3.05) is 24.7 Å². The Bertz CT molecular complexity index is 1510. The summed E-state index contributed by atoms with van der Waals surface area (Å²) in [5.41, 5.74) is 0.687. The largest absolute Gasteiger partial charge is 0.492 e. The van der Waals surface area contributed by atoms with E-state index in [1.165, 1.54) is 49.6 Å². The number of aromatic nitrogens is 7. The molecule has 0 saturated heterocycles. The summed E-state index contributed by atoms with van der Waals surface area (Å²) in [6.07, 6.45) is 4.47. The van der Waals surface area contributed by atoms with E-state index < -0.39 is 12.9 Å². The molecular weight excluding hydrogens is 452 g/mol. The minimum Gasteiger partial charge on any atom is -0.492 e. The summed E-state index contributed by atoms with van der Waals surface area (Å²) in [5.74, 6) is 0.121. The van der Waals surface area contributed by atoms with Gasteiger partial charge in [-0.25, -0.2) is 15.0 Å². The standard InChI is InChI=1S/C22H22N10O3/c1-12(33)13-5-7-24-16(9-13)28-17-10-15(18(30-29-17)22(34)23-2)27-21-19(35-4)14(6-8-25-21)20-26-11-32(3)31-20/h5-11H,1-4H3,(H,23,34)(H2,24,25,27,28,29)/i2D3. The van der Waals surface area contributed by atoms with Gasteiger partial charge in [0.15, 0.2) is 34.7 Å². The van der Waals surface area contributed by atoms with Crippen molar-refractivity contribution in [1.29, 1.82) is 0 Å². The van der Waals surface area contributed by atoms with Gasteiger partial charge in [-0.3, -0.25) is 14.3 Å². The Balaban J connectivity index is 1.75. The molecular formula is C22H22N10O3. The summed E-state index contributed by atoms with van der Waals surface area (Å²) >= 11 is 0. The number of hydrogen-bond donors (Lipinski definition) is 3. The minimum absolute atomic E-state index is 0.0592. The van der Waals surface area contributed by atoms with Gasteiger partial charge in [-0.1, -0.05) is 0 Å². The normalized spacial score (nSPS) is 12.1. The van der Waals surface area contributed by atoms with Gasteiger partial charge in [-0.15, -0.1) is 10.2 Å². The molecule has 3 N–H and O–H groups in total. The van der Waals surface area contributed by atoms with Gasteiger partial charge in [0.1, 0.15) is 12.1 Å². The van der Waals surface area contributed by atoms with Crippen molar-refractivity contribution in [2.24, 2.45) is 7.05 Å². The number of amides is 1. The van der Waals surface area contributed by atoms with Crippen molar-refractivity contribution >= 4 is 34.8 Å². The Hall–Kier alpha value is -4.94. The third-order valence-corrected chi connectivity index (χ3v) is 4.75. The first kappa shape index (κ1) is 19.5. The second kappa shape index (κ2) is 9.91. The molecule has 0 aliphatic rings. The number of pyridine rings is 2. The quantitative estimate of drug-likeness (QED) is 0.319. The maximum absolute atomic E-state index is 12.7. The first-order chi connectivity index (χ1) is 18.0. The number of nitrogens with one attached hydrogen (secondary N) is 3. The van der Waals surface area contributed by atoms with Gasteiger partial charge >= 0.3 is 0 Å². The lowest BCUT2D eigenvalue weighted by molar-refractivity contribution is 0.0957. The van der Waals surface area contributed by atoms with Crippen molar-refractivity contribution in [2.45, 2.75) is 6.92 Å². The Morgan fingerprint density at radius 2 is 1.89 bits per heavy atom. The SMILES string of the molecule is [2H]C([2H])([2H])NC(=O)c1nnc(Nc2cc(C(C)=O)ccn2)cc1Nc1nccc(-c2ncn(C)n2)c1OC. The molecule has 4 heterocycles. The second-order valence-electron chi connectivity index (χ2n) is 7.16. The average molecular weight is 478 g/mol. The van der Waals surface area contributed by atoms with E-state index in [4.69, 9.17) is 8.85 Å². The molecule has 0 aromatic carbocycles. The first-order valence-electron chi connectivity index (χ1n) is 11.6. The Morgan fingerprint density at radius 1 is 1.06 bits per heavy atom. The fourth-order valence-electron chi connectivity index (χ4n) is 3.13. The van der Waals surface area contributed by atoms with Crippen molar-refractivity contribution in [3.05, 3.63) is 54.2 Å². The molecule has 0 atom stereocenters. The van der Waals surface area contributed by atoms with Gasteiger partial charge < -0.3 is 20.7 Å². The lowest BCUT2D eigenvalue weighted by Crippen LogP contribution is -2.21. The summed E-state index contributed by atoms with van der Waals surface area (Å²) in [5, 5.41) is 20.0. The van der Waals surface area contributed by atoms with Crippen molar-refractivity contribution in [3.8, 4) is 17.1 Å². The van der Waals surface area contributed by atoms with Crippen LogP contribution in [0.25, 0.3) is 11.4 Å². The van der Waals surface area contributed by atoms with Crippen LogP contribution in [0.3, 0.4) is 0 Å². The number of aryl methyl sites for hydroxylation is 1. The highest BCUT2D eigenvalue weighted by molar-refractivity contribution is 5.99. The van der Waals surface area contributed by atoms with Gasteiger partial charge in [0.25, 0.3) is 5.91 Å². The smallest absolute Gasteiger partial charge is 0.273 e. The molecule has 0 fully saturated rings. The second-order valence-corrected chi connectivity index (χ2v) is 7.16. The van der Waals surface area contributed by atoms with Crippen LogP contribution in [0.15, 0.2) is 43.0 Å². The highest BCUT2D eigenvalue weighted by Gasteiger charge is 2.20. The van der Waals surface area contributed by atoms with Gasteiger partial charge in [0.05, 0.1) is 18.4 Å². The van der Waals surface area contributed by atoms with Gasteiger partial charge in [-0.2, -0.15) is 5.10 Å². The number of nitrogens with zero attached hydrogens (tertiary/aromatic N) is 7. The number of carbonyl (C=O) groups is 2. The number of rotatable bonds is 8. The molecule has 0 spiro atoms. The van der Waals surface area contributed by atoms with Gasteiger partial charge in [0.2, 0.25) is 0 Å². The molecule has 0 bridgehead atoms. The van der Waals surface area contributed by atoms with E-state index in [1.54, 1.807) is 19.2 Å². The van der Waals surface area contributed by atoms with Crippen molar-refractivity contribution in [1.82, 2.24) is 40.2 Å². The maximum Gasteiger partial charge on any atom is 0.273 e. The molecule has 4 aromatic heterocycles. The van der Waals surface area contributed by atoms with Crippen LogP contribution < -0.4 is 20.7 Å². The maximum atomic E-state index is 12.7. The molecule has 1 amide bonds. The van der Waals surface area contributed by atoms with Crippen LogP contribution in [-0.2, 0) is 7.05 Å². The predicted molar refractivity (Wildman–Crippen MR) is 127 cm³/mol. The number of Topliss-reactive ketones (excluding diaryl/α,β-unsaturated/α-hetero) is 1. The van der Waals surface area contributed by atoms with E-state index in [2.05, 4.69) is 40.9 Å². The third kappa shape index (κ3) is 5.03. The van der Waals surface area contributed by atoms with Crippen LogP contribution in [0.5, 0.6) is 5.75 Å². The molecule has 0 radical (unpaired) electrons. The van der Waals surface area contributed by atoms with Crippen LogP contribution in [0.1, 0.15) is 31.9 Å². The summed E-state index contributed by atoms with van der Waals surface area (Å²) < 4.78 is 29.2. The number of methoxy groups -OCH3 is 1. The molecule has 0 unspecified atom stereocenters. The fraction of sp³-hybridized carbons (Fsp3) is 0.182. The molecule has 13 nitrogen and oxygen atoms in total. The summed E-state index contributed by atoms with van der Waals surface area (Å²) in [4.78, 5) is 37.2. The molecule has 0 aliphatic heterocycles. The zero-order valence-electron chi connectivity index (χ0n) is 21.9. The van der Waals surface area contributed by atoms with E-state index in [1.807, 2.05) is 5.32 Å². The third-order valence-electron chi connectivity index (χ3n) is 4.75. The van der Waals surface area contributed by atoms with Crippen LogP contribution in [-0.4, -0.2) is 60.7 Å². The number of anilines is 4. The zero-order valence-corrected chi connectivity index (χ0v) is 18.9. The number of hydrogen-bond acceptors (Lipinski definition) is 11. The van der Waals surface area contributed by atoms with Crippen molar-refractivity contribution in [3.63, 3.8) is 0 Å². The molecule has 178 valence electrons. The Labute approximate surface area is 204 Å². The summed E-state index contributed by atoms with van der Waals surface area (Å²) in [7, 11) is 3.15. The van der Waals surface area contributed by atoms with Crippen LogP contribution in [0.2, 0.25) is 0 Å². The lowest BCUT2D eigenvalue weighted by Gasteiger charge is -2.15. The molecule has 13 heteroatoms. The van der Waals surface area contributed by atoms with Gasteiger partial charge in [0, 0.05) is 42.2 Å². The zero-order chi connectivity index (χ0) is 27.4. The van der Waals surface area contributed by atoms with Crippen LogP contribution in [0.4, 0.5) is 23.1 Å². The number of ether oxygens (including phenoxy) is 1. The molecule has 0 saturated carbocycles. The number of carbonyl (C=O) groups excluding carboxylic acids is 2. The van der Waals surface area contributed by atoms with Crippen molar-refractivity contribution < 1.29 is 18.4 Å². The summed E-state index contributed by atoms with van der Waals surface area (Å²) in [6.45, 7) is -1.33. The molecule has 4 rings (SSSR count). The van der Waals surface area contributed by atoms with E-state index in [0.717, 1.165) is 0 Å². The lowest BCUT2D eigenvalue weighted by atomic mass is 10.2. The van der Waals surface area contributed by atoms with Gasteiger partial charge in [-0.05, 0) is 25.1 Å². The Kier molecular flexibility index (Phi) is 5.53. The number of ketones is 1. The average Bonchev–Trinajstić information content (AvgIpc) is 3.29.